The van der Waals surface area contributed by atoms with E-state index in [1.54, 1.807) is 37.3 Å². The molecule has 0 aliphatic heterocycles. The number of ether oxygens (including phenoxy) is 1. The number of amides is 2. The zero-order chi connectivity index (χ0) is 16.8. The lowest BCUT2D eigenvalue weighted by atomic mass is 10.2. The van der Waals surface area contributed by atoms with Crippen LogP contribution in [-0.4, -0.2) is 25.0 Å². The summed E-state index contributed by atoms with van der Waals surface area (Å²) in [5, 5.41) is 5.42. The van der Waals surface area contributed by atoms with Crippen LogP contribution in [0.4, 0.5) is 5.69 Å². The van der Waals surface area contributed by atoms with Crippen molar-refractivity contribution in [3.63, 3.8) is 0 Å². The fourth-order valence-electron chi connectivity index (χ4n) is 1.92. The molecule has 0 fully saturated rings. The molecule has 23 heavy (non-hydrogen) atoms. The quantitative estimate of drug-likeness (QED) is 0.841. The Bertz CT molecular complexity index is 704. The second-order valence-electron chi connectivity index (χ2n) is 4.90. The van der Waals surface area contributed by atoms with Crippen LogP contribution < -0.4 is 15.4 Å². The predicted molar refractivity (Wildman–Crippen MR) is 92.7 cm³/mol. The summed E-state index contributed by atoms with van der Waals surface area (Å²) in [7, 11) is 1.53. The molecule has 2 N–H and O–H groups in total. The molecule has 1 atom stereocenters. The Labute approximate surface area is 143 Å². The van der Waals surface area contributed by atoms with E-state index in [9.17, 15) is 9.59 Å². The molecule has 0 bridgehead atoms. The first-order valence-electron chi connectivity index (χ1n) is 7.01. The molecule has 0 radical (unpaired) electrons. The molecule has 2 rings (SSSR count). The number of hydrogen-bond acceptors (Lipinski definition) is 3. The third-order valence-electron chi connectivity index (χ3n) is 3.20. The van der Waals surface area contributed by atoms with Crippen LogP contribution >= 0.6 is 15.9 Å². The minimum atomic E-state index is -0.680. The van der Waals surface area contributed by atoms with E-state index in [1.807, 2.05) is 18.2 Å². The maximum Gasteiger partial charge on any atom is 0.253 e. The maximum absolute atomic E-state index is 12.3. The number of anilines is 1. The standard InChI is InChI=1S/C17H17BrN2O3/c1-11(16(21)20-12-6-4-3-5-7-12)19-17(22)14-10-13(23-2)8-9-15(14)18/h3-11H,1-2H3,(H,19,22)(H,20,21). The van der Waals surface area contributed by atoms with Gasteiger partial charge in [0.1, 0.15) is 11.8 Å². The number of carbonyl (C=O) groups is 2. The highest BCUT2D eigenvalue weighted by Gasteiger charge is 2.18. The van der Waals surface area contributed by atoms with Gasteiger partial charge in [-0.1, -0.05) is 18.2 Å². The molecule has 2 amide bonds. The topological polar surface area (TPSA) is 67.4 Å². The molecule has 2 aromatic carbocycles. The molecule has 5 nitrogen and oxygen atoms in total. The van der Waals surface area contributed by atoms with Crippen molar-refractivity contribution in [3.8, 4) is 5.75 Å². The summed E-state index contributed by atoms with van der Waals surface area (Å²) in [5.74, 6) is -0.0743. The molecule has 0 saturated carbocycles. The van der Waals surface area contributed by atoms with Crippen LogP contribution in [0.15, 0.2) is 53.0 Å². The van der Waals surface area contributed by atoms with E-state index in [-0.39, 0.29) is 11.8 Å². The molecule has 1 unspecified atom stereocenters. The fourth-order valence-corrected chi connectivity index (χ4v) is 2.34. The number of methoxy groups -OCH3 is 1. The first kappa shape index (κ1) is 17.0. The number of para-hydroxylation sites is 1. The molecule has 0 saturated heterocycles. The van der Waals surface area contributed by atoms with E-state index in [1.165, 1.54) is 7.11 Å². The average molecular weight is 377 g/mol. The molecule has 0 heterocycles. The fraction of sp³-hybridized carbons (Fsp3) is 0.176. The monoisotopic (exact) mass is 376 g/mol. The Kier molecular flexibility index (Phi) is 5.76. The van der Waals surface area contributed by atoms with Gasteiger partial charge in [0.2, 0.25) is 5.91 Å². The van der Waals surface area contributed by atoms with Gasteiger partial charge < -0.3 is 15.4 Å². The third-order valence-corrected chi connectivity index (χ3v) is 3.89. The third kappa shape index (κ3) is 4.56. The number of halogens is 1. The van der Waals surface area contributed by atoms with Gasteiger partial charge in [0.25, 0.3) is 5.91 Å². The smallest absolute Gasteiger partial charge is 0.253 e. The van der Waals surface area contributed by atoms with Gasteiger partial charge >= 0.3 is 0 Å². The van der Waals surface area contributed by atoms with Crippen molar-refractivity contribution in [2.75, 3.05) is 12.4 Å². The summed E-state index contributed by atoms with van der Waals surface area (Å²) in [4.78, 5) is 24.4. The predicted octanol–water partition coefficient (Wildman–Crippen LogP) is 3.21. The second-order valence-corrected chi connectivity index (χ2v) is 5.75. The van der Waals surface area contributed by atoms with Crippen molar-refractivity contribution < 1.29 is 14.3 Å². The highest BCUT2D eigenvalue weighted by Crippen LogP contribution is 2.22. The van der Waals surface area contributed by atoms with E-state index in [0.717, 1.165) is 0 Å². The highest BCUT2D eigenvalue weighted by molar-refractivity contribution is 9.10. The van der Waals surface area contributed by atoms with Crippen LogP contribution in [0.5, 0.6) is 5.75 Å². The number of hydrogen-bond donors (Lipinski definition) is 2. The van der Waals surface area contributed by atoms with Gasteiger partial charge in [0.15, 0.2) is 0 Å². The Morgan fingerprint density at radius 3 is 2.48 bits per heavy atom. The van der Waals surface area contributed by atoms with E-state index >= 15 is 0 Å². The van der Waals surface area contributed by atoms with E-state index in [0.29, 0.717) is 21.5 Å². The number of benzene rings is 2. The lowest BCUT2D eigenvalue weighted by Crippen LogP contribution is -2.41. The van der Waals surface area contributed by atoms with Crippen LogP contribution in [0.3, 0.4) is 0 Å². The molecular weight excluding hydrogens is 360 g/mol. The number of carbonyl (C=O) groups excluding carboxylic acids is 2. The summed E-state index contributed by atoms with van der Waals surface area (Å²) in [6.45, 7) is 1.63. The van der Waals surface area contributed by atoms with Crippen LogP contribution in [0, 0.1) is 0 Å². The summed E-state index contributed by atoms with van der Waals surface area (Å²) in [6, 6.07) is 13.5. The highest BCUT2D eigenvalue weighted by atomic mass is 79.9. The summed E-state index contributed by atoms with van der Waals surface area (Å²) < 4.78 is 5.74. The van der Waals surface area contributed by atoms with Crippen LogP contribution in [-0.2, 0) is 4.79 Å². The molecule has 0 aliphatic rings. The van der Waals surface area contributed by atoms with Crippen molar-refractivity contribution in [3.05, 3.63) is 58.6 Å². The second kappa shape index (κ2) is 7.78. The van der Waals surface area contributed by atoms with Crippen LogP contribution in [0.1, 0.15) is 17.3 Å². The number of nitrogens with one attached hydrogen (secondary N) is 2. The molecule has 6 heteroatoms. The van der Waals surface area contributed by atoms with Gasteiger partial charge in [0.05, 0.1) is 12.7 Å². The molecular formula is C17H17BrN2O3. The van der Waals surface area contributed by atoms with E-state index in [2.05, 4.69) is 26.6 Å². The van der Waals surface area contributed by atoms with Crippen LogP contribution in [0.25, 0.3) is 0 Å². The van der Waals surface area contributed by atoms with Gasteiger partial charge in [-0.2, -0.15) is 0 Å². The Morgan fingerprint density at radius 1 is 1.13 bits per heavy atom. The van der Waals surface area contributed by atoms with Crippen molar-refractivity contribution in [2.45, 2.75) is 13.0 Å². The molecule has 0 aromatic heterocycles. The number of rotatable bonds is 5. The summed E-state index contributed by atoms with van der Waals surface area (Å²) in [5.41, 5.74) is 1.09. The maximum atomic E-state index is 12.3. The van der Waals surface area contributed by atoms with Crippen molar-refractivity contribution in [2.24, 2.45) is 0 Å². The van der Waals surface area contributed by atoms with Gasteiger partial charge in [-0.3, -0.25) is 9.59 Å². The molecule has 2 aromatic rings. The molecule has 0 aliphatic carbocycles. The first-order valence-corrected chi connectivity index (χ1v) is 7.81. The summed E-state index contributed by atoms with van der Waals surface area (Å²) in [6.07, 6.45) is 0. The van der Waals surface area contributed by atoms with E-state index < -0.39 is 6.04 Å². The van der Waals surface area contributed by atoms with Crippen molar-refractivity contribution in [1.82, 2.24) is 5.32 Å². The van der Waals surface area contributed by atoms with Gasteiger partial charge in [-0.05, 0) is 53.2 Å². The average Bonchev–Trinajstić information content (AvgIpc) is 2.56. The Balaban J connectivity index is 2.03. The first-order chi connectivity index (χ1) is 11.0. The zero-order valence-electron chi connectivity index (χ0n) is 12.8. The summed E-state index contributed by atoms with van der Waals surface area (Å²) >= 11 is 3.32. The van der Waals surface area contributed by atoms with Gasteiger partial charge in [0, 0.05) is 10.2 Å². The van der Waals surface area contributed by atoms with E-state index in [4.69, 9.17) is 4.74 Å². The van der Waals surface area contributed by atoms with Crippen LogP contribution in [0.2, 0.25) is 0 Å². The minimum absolute atomic E-state index is 0.288. The SMILES string of the molecule is COc1ccc(Br)c(C(=O)NC(C)C(=O)Nc2ccccc2)c1. The van der Waals surface area contributed by atoms with Crippen molar-refractivity contribution in [1.29, 1.82) is 0 Å². The Hall–Kier alpha value is -2.34. The van der Waals surface area contributed by atoms with Gasteiger partial charge in [-0.25, -0.2) is 0 Å². The lowest BCUT2D eigenvalue weighted by molar-refractivity contribution is -0.117. The lowest BCUT2D eigenvalue weighted by Gasteiger charge is -2.15. The minimum Gasteiger partial charge on any atom is -0.497 e. The zero-order valence-corrected chi connectivity index (χ0v) is 14.4. The molecule has 0 spiro atoms. The Morgan fingerprint density at radius 2 is 1.83 bits per heavy atom. The molecule has 120 valence electrons. The normalized spacial score (nSPS) is 11.4. The largest absolute Gasteiger partial charge is 0.497 e. The van der Waals surface area contributed by atoms with Crippen molar-refractivity contribution >= 4 is 33.4 Å². The van der Waals surface area contributed by atoms with Gasteiger partial charge in [-0.15, -0.1) is 0 Å².